The molecule has 0 saturated heterocycles. The summed E-state index contributed by atoms with van der Waals surface area (Å²) in [7, 11) is 3.08. The van der Waals surface area contributed by atoms with Gasteiger partial charge in [0.05, 0.1) is 31.2 Å². The topological polar surface area (TPSA) is 67.9 Å². The van der Waals surface area contributed by atoms with Crippen LogP contribution in [0.1, 0.15) is 10.4 Å². The Morgan fingerprint density at radius 1 is 1.00 bits per heavy atom. The van der Waals surface area contributed by atoms with Gasteiger partial charge in [0.1, 0.15) is 17.2 Å². The van der Waals surface area contributed by atoms with Gasteiger partial charge in [-0.3, -0.25) is 9.59 Å². The summed E-state index contributed by atoms with van der Waals surface area (Å²) in [6.45, 7) is 1.86. The molecule has 0 spiro atoms. The molecule has 0 unspecified atom stereocenters. The number of thiophene rings is 1. The number of aryl methyl sites for hydroxylation is 1. The lowest BCUT2D eigenvalue weighted by atomic mass is 10.1. The van der Waals surface area contributed by atoms with Crippen molar-refractivity contribution in [1.29, 1.82) is 0 Å². The van der Waals surface area contributed by atoms with E-state index in [0.717, 1.165) is 10.5 Å². The highest BCUT2D eigenvalue weighted by atomic mass is 35.5. The van der Waals surface area contributed by atoms with Crippen LogP contribution in [0, 0.1) is 6.92 Å². The molecule has 1 aromatic heterocycles. The van der Waals surface area contributed by atoms with Crippen molar-refractivity contribution in [2.75, 3.05) is 24.4 Å². The molecule has 0 aliphatic carbocycles. The molecular weight excluding hydrogens is 436 g/mol. The fraction of sp³-hybridized carbons (Fsp3) is 0.130. The van der Waals surface area contributed by atoms with Crippen LogP contribution in [0.3, 0.4) is 0 Å². The van der Waals surface area contributed by atoms with E-state index in [4.69, 9.17) is 21.1 Å². The van der Waals surface area contributed by atoms with Crippen molar-refractivity contribution in [1.82, 2.24) is 0 Å². The molecular formula is C23H19ClN2O4S. The van der Waals surface area contributed by atoms with Crippen LogP contribution >= 0.6 is 22.9 Å². The summed E-state index contributed by atoms with van der Waals surface area (Å²) < 4.78 is 10.7. The molecule has 2 aromatic carbocycles. The molecule has 4 rings (SSSR count). The SMILES string of the molecule is COc1ccc(OC)c(NC2=C(c3cccs3)C(=O)N(c3ccc(C)c(Cl)c3)C2=O)c1. The van der Waals surface area contributed by atoms with Gasteiger partial charge in [-0.05, 0) is 48.2 Å². The summed E-state index contributed by atoms with van der Waals surface area (Å²) in [5, 5.41) is 5.45. The predicted molar refractivity (Wildman–Crippen MR) is 123 cm³/mol. The number of nitrogens with one attached hydrogen (secondary N) is 1. The van der Waals surface area contributed by atoms with Crippen molar-refractivity contribution in [3.63, 3.8) is 0 Å². The molecule has 0 radical (unpaired) electrons. The van der Waals surface area contributed by atoms with Gasteiger partial charge in [0.2, 0.25) is 0 Å². The van der Waals surface area contributed by atoms with Crippen molar-refractivity contribution in [3.8, 4) is 11.5 Å². The Morgan fingerprint density at radius 2 is 1.81 bits per heavy atom. The third-order valence-electron chi connectivity index (χ3n) is 4.93. The van der Waals surface area contributed by atoms with E-state index in [-0.39, 0.29) is 5.70 Å². The molecule has 1 aliphatic heterocycles. The van der Waals surface area contributed by atoms with Crippen LogP contribution in [-0.4, -0.2) is 26.0 Å². The van der Waals surface area contributed by atoms with Gasteiger partial charge in [-0.1, -0.05) is 23.7 Å². The second kappa shape index (κ2) is 8.45. The minimum Gasteiger partial charge on any atom is -0.497 e. The molecule has 1 N–H and O–H groups in total. The number of hydrogen-bond acceptors (Lipinski definition) is 6. The highest BCUT2D eigenvalue weighted by molar-refractivity contribution is 7.11. The zero-order valence-electron chi connectivity index (χ0n) is 17.1. The fourth-order valence-corrected chi connectivity index (χ4v) is 4.24. The monoisotopic (exact) mass is 454 g/mol. The Bertz CT molecular complexity index is 1200. The summed E-state index contributed by atoms with van der Waals surface area (Å²) >= 11 is 7.64. The molecule has 8 heteroatoms. The molecule has 1 aliphatic rings. The molecule has 31 heavy (non-hydrogen) atoms. The van der Waals surface area contributed by atoms with E-state index in [1.54, 1.807) is 49.6 Å². The summed E-state index contributed by atoms with van der Waals surface area (Å²) in [4.78, 5) is 28.7. The number of anilines is 2. The average molecular weight is 455 g/mol. The lowest BCUT2D eigenvalue weighted by Gasteiger charge is -2.17. The van der Waals surface area contributed by atoms with Crippen molar-refractivity contribution in [2.24, 2.45) is 0 Å². The second-order valence-corrected chi connectivity index (χ2v) is 8.15. The zero-order chi connectivity index (χ0) is 22.1. The predicted octanol–water partition coefficient (Wildman–Crippen LogP) is 5.12. The van der Waals surface area contributed by atoms with Gasteiger partial charge in [-0.2, -0.15) is 0 Å². The fourth-order valence-electron chi connectivity index (χ4n) is 3.30. The van der Waals surface area contributed by atoms with Crippen molar-refractivity contribution < 1.29 is 19.1 Å². The van der Waals surface area contributed by atoms with Gasteiger partial charge >= 0.3 is 0 Å². The molecule has 2 amide bonds. The molecule has 2 heterocycles. The van der Waals surface area contributed by atoms with Crippen LogP contribution in [-0.2, 0) is 9.59 Å². The van der Waals surface area contributed by atoms with Gasteiger partial charge in [0.15, 0.2) is 0 Å². The summed E-state index contributed by atoms with van der Waals surface area (Å²) in [6.07, 6.45) is 0. The van der Waals surface area contributed by atoms with E-state index in [1.807, 2.05) is 18.4 Å². The van der Waals surface area contributed by atoms with Gasteiger partial charge in [0, 0.05) is 16.0 Å². The lowest BCUT2D eigenvalue weighted by molar-refractivity contribution is -0.120. The van der Waals surface area contributed by atoms with Crippen LogP contribution in [0.15, 0.2) is 59.6 Å². The highest BCUT2D eigenvalue weighted by Crippen LogP contribution is 2.38. The molecule has 0 atom stereocenters. The second-order valence-electron chi connectivity index (χ2n) is 6.80. The largest absolute Gasteiger partial charge is 0.497 e. The van der Waals surface area contributed by atoms with E-state index in [1.165, 1.54) is 18.4 Å². The Balaban J connectivity index is 1.82. The van der Waals surface area contributed by atoms with Gasteiger partial charge in [0.25, 0.3) is 11.8 Å². The highest BCUT2D eigenvalue weighted by Gasteiger charge is 2.41. The first kappa shape index (κ1) is 21.0. The van der Waals surface area contributed by atoms with E-state index in [0.29, 0.717) is 38.3 Å². The number of methoxy groups -OCH3 is 2. The standard InChI is InChI=1S/C23H19ClN2O4S/c1-13-6-7-14(11-16(13)24)26-22(27)20(19-5-4-10-31-19)21(23(26)28)25-17-12-15(29-2)8-9-18(17)30-3/h4-12,25H,1-3H3. The Hall–Kier alpha value is -3.29. The number of carbonyl (C=O) groups is 2. The quantitative estimate of drug-likeness (QED) is 0.523. The van der Waals surface area contributed by atoms with Crippen LogP contribution < -0.4 is 19.7 Å². The van der Waals surface area contributed by atoms with Crippen molar-refractivity contribution in [3.05, 3.63) is 75.1 Å². The van der Waals surface area contributed by atoms with E-state index in [2.05, 4.69) is 5.32 Å². The third-order valence-corrected chi connectivity index (χ3v) is 6.23. The maximum Gasteiger partial charge on any atom is 0.282 e. The number of nitrogens with zero attached hydrogens (tertiary/aromatic N) is 1. The minimum atomic E-state index is -0.474. The molecule has 6 nitrogen and oxygen atoms in total. The smallest absolute Gasteiger partial charge is 0.282 e. The normalized spacial score (nSPS) is 13.7. The average Bonchev–Trinajstić information content (AvgIpc) is 3.37. The van der Waals surface area contributed by atoms with Crippen LogP contribution in [0.4, 0.5) is 11.4 Å². The molecule has 3 aromatic rings. The maximum atomic E-state index is 13.5. The number of hydrogen-bond donors (Lipinski definition) is 1. The van der Waals surface area contributed by atoms with Crippen LogP contribution in [0.2, 0.25) is 5.02 Å². The van der Waals surface area contributed by atoms with E-state index < -0.39 is 11.8 Å². The number of benzene rings is 2. The first-order valence-electron chi connectivity index (χ1n) is 9.36. The number of amides is 2. The van der Waals surface area contributed by atoms with Crippen LogP contribution in [0.25, 0.3) is 5.57 Å². The van der Waals surface area contributed by atoms with Crippen molar-refractivity contribution in [2.45, 2.75) is 6.92 Å². The minimum absolute atomic E-state index is 0.163. The Morgan fingerprint density at radius 3 is 2.45 bits per heavy atom. The van der Waals surface area contributed by atoms with E-state index in [9.17, 15) is 9.59 Å². The number of ether oxygens (including phenoxy) is 2. The maximum absolute atomic E-state index is 13.5. The molecule has 158 valence electrons. The first-order valence-corrected chi connectivity index (χ1v) is 10.6. The zero-order valence-corrected chi connectivity index (χ0v) is 18.6. The van der Waals surface area contributed by atoms with Crippen LogP contribution in [0.5, 0.6) is 11.5 Å². The molecule has 0 fully saturated rings. The Kier molecular flexibility index (Phi) is 5.71. The van der Waals surface area contributed by atoms with Gasteiger partial charge < -0.3 is 14.8 Å². The van der Waals surface area contributed by atoms with Crippen molar-refractivity contribution >= 4 is 51.7 Å². The lowest BCUT2D eigenvalue weighted by Crippen LogP contribution is -2.32. The summed E-state index contributed by atoms with van der Waals surface area (Å²) in [5.74, 6) is 0.200. The number of imide groups is 1. The van der Waals surface area contributed by atoms with Gasteiger partial charge in [-0.25, -0.2) is 4.90 Å². The summed E-state index contributed by atoms with van der Waals surface area (Å²) in [5.41, 5.74) is 2.23. The Labute approximate surface area is 188 Å². The number of halogens is 1. The third kappa shape index (κ3) is 3.78. The molecule has 0 saturated carbocycles. The molecule has 0 bridgehead atoms. The first-order chi connectivity index (χ1) is 14.9. The number of rotatable bonds is 6. The van der Waals surface area contributed by atoms with E-state index >= 15 is 0 Å². The summed E-state index contributed by atoms with van der Waals surface area (Å²) in [6, 6.07) is 13.9. The van der Waals surface area contributed by atoms with Gasteiger partial charge in [-0.15, -0.1) is 11.3 Å². The number of carbonyl (C=O) groups excluding carboxylic acids is 2.